The zero-order valence-electron chi connectivity index (χ0n) is 15.7. The lowest BCUT2D eigenvalue weighted by atomic mass is 9.67. The maximum absolute atomic E-state index is 12.2. The van der Waals surface area contributed by atoms with Crippen LogP contribution in [0.1, 0.15) is 18.9 Å². The summed E-state index contributed by atoms with van der Waals surface area (Å²) in [5.41, 5.74) is 1.61. The molecule has 2 aromatic rings. The van der Waals surface area contributed by atoms with E-state index >= 15 is 0 Å². The molecule has 0 saturated carbocycles. The van der Waals surface area contributed by atoms with Crippen molar-refractivity contribution in [1.82, 2.24) is 0 Å². The Bertz CT molecular complexity index is 1010. The predicted octanol–water partition coefficient (Wildman–Crippen LogP) is 5.95. The number of carboxylic acid groups (broad SMARTS) is 2. The minimum absolute atomic E-state index is 0.0762. The first-order chi connectivity index (χ1) is 13.7. The Kier molecular flexibility index (Phi) is 6.30. The van der Waals surface area contributed by atoms with E-state index in [2.05, 4.69) is 15.9 Å². The van der Waals surface area contributed by atoms with Gasteiger partial charge in [0.2, 0.25) is 0 Å². The van der Waals surface area contributed by atoms with Gasteiger partial charge in [-0.1, -0.05) is 83.0 Å². The average molecular weight is 476 g/mol. The van der Waals surface area contributed by atoms with E-state index in [0.29, 0.717) is 15.9 Å². The molecule has 0 saturated heterocycles. The number of carbonyl (C=O) groups is 2. The molecule has 1 aliphatic carbocycles. The highest BCUT2D eigenvalue weighted by atomic mass is 79.9. The monoisotopic (exact) mass is 474 g/mol. The Labute approximate surface area is 182 Å². The van der Waals surface area contributed by atoms with Crippen molar-refractivity contribution in [2.45, 2.75) is 19.8 Å². The molecular formula is C23H20BrClO4. The van der Waals surface area contributed by atoms with Gasteiger partial charge in [0.05, 0.1) is 5.41 Å². The summed E-state index contributed by atoms with van der Waals surface area (Å²) in [6, 6.07) is 15.6. The number of allylic oxidation sites excluding steroid dienone is 2. The zero-order valence-corrected chi connectivity index (χ0v) is 18.1. The number of aryl methyl sites for hydroxylation is 1. The molecule has 2 unspecified atom stereocenters. The third kappa shape index (κ3) is 4.31. The summed E-state index contributed by atoms with van der Waals surface area (Å²) < 4.78 is 0.459. The van der Waals surface area contributed by atoms with Gasteiger partial charge in [-0.3, -0.25) is 4.79 Å². The van der Waals surface area contributed by atoms with Crippen molar-refractivity contribution in [2.24, 2.45) is 11.3 Å². The number of benzene rings is 2. The normalized spacial score (nSPS) is 21.3. The van der Waals surface area contributed by atoms with Gasteiger partial charge in [0, 0.05) is 21.0 Å². The molecule has 0 radical (unpaired) electrons. The maximum atomic E-state index is 12.2. The number of hydrogen-bond donors (Lipinski definition) is 2. The predicted molar refractivity (Wildman–Crippen MR) is 117 cm³/mol. The Morgan fingerprint density at radius 1 is 1.10 bits per heavy atom. The molecule has 2 aromatic carbocycles. The van der Waals surface area contributed by atoms with Gasteiger partial charge in [0.25, 0.3) is 0 Å². The van der Waals surface area contributed by atoms with Crippen LogP contribution in [0.15, 0.2) is 70.7 Å². The fourth-order valence-electron chi connectivity index (χ4n) is 3.76. The molecule has 2 atom stereocenters. The van der Waals surface area contributed by atoms with Crippen LogP contribution in [0, 0.1) is 11.3 Å². The SMILES string of the molecule is CC1C(C(=O)O)=CC(Br)=CC1(CCc1ccc(-c2ccccc2)cc1Cl)C(=O)O. The summed E-state index contributed by atoms with van der Waals surface area (Å²) in [7, 11) is 0. The molecule has 150 valence electrons. The fourth-order valence-corrected chi connectivity index (χ4v) is 4.69. The van der Waals surface area contributed by atoms with Gasteiger partial charge in [-0.2, -0.15) is 0 Å². The van der Waals surface area contributed by atoms with Gasteiger partial charge >= 0.3 is 11.9 Å². The lowest BCUT2D eigenvalue weighted by Gasteiger charge is -2.36. The lowest BCUT2D eigenvalue weighted by molar-refractivity contribution is -0.149. The fraction of sp³-hybridized carbons (Fsp3) is 0.217. The highest BCUT2D eigenvalue weighted by Gasteiger charge is 2.46. The molecule has 6 heteroatoms. The van der Waals surface area contributed by atoms with E-state index in [1.165, 1.54) is 6.08 Å². The minimum Gasteiger partial charge on any atom is -0.481 e. The van der Waals surface area contributed by atoms with E-state index in [0.717, 1.165) is 16.7 Å². The van der Waals surface area contributed by atoms with Gasteiger partial charge in [0.1, 0.15) is 0 Å². The van der Waals surface area contributed by atoms with Gasteiger partial charge in [-0.05, 0) is 41.7 Å². The molecule has 4 nitrogen and oxygen atoms in total. The smallest absolute Gasteiger partial charge is 0.331 e. The molecule has 2 N–H and O–H groups in total. The van der Waals surface area contributed by atoms with Crippen molar-refractivity contribution in [3.8, 4) is 11.1 Å². The van der Waals surface area contributed by atoms with E-state index in [1.807, 2.05) is 48.5 Å². The van der Waals surface area contributed by atoms with E-state index < -0.39 is 23.3 Å². The molecule has 0 aliphatic heterocycles. The molecule has 0 amide bonds. The first-order valence-electron chi connectivity index (χ1n) is 9.15. The first-order valence-corrected chi connectivity index (χ1v) is 10.3. The standard InChI is InChI=1S/C23H20BrClO4/c1-14-19(21(26)27)12-18(24)13-23(14,22(28)29)10-9-16-7-8-17(11-20(16)25)15-5-3-2-4-6-15/h2-8,11-14H,9-10H2,1H3,(H,26,27)(H,28,29). The highest BCUT2D eigenvalue weighted by Crippen LogP contribution is 2.45. The molecule has 0 heterocycles. The van der Waals surface area contributed by atoms with E-state index in [9.17, 15) is 19.8 Å². The number of halogens is 2. The first kappa shape index (κ1) is 21.3. The van der Waals surface area contributed by atoms with Crippen LogP contribution in [-0.2, 0) is 16.0 Å². The zero-order chi connectivity index (χ0) is 21.2. The third-order valence-electron chi connectivity index (χ3n) is 5.54. The highest BCUT2D eigenvalue weighted by molar-refractivity contribution is 9.11. The van der Waals surface area contributed by atoms with Crippen molar-refractivity contribution in [2.75, 3.05) is 0 Å². The van der Waals surface area contributed by atoms with Crippen molar-refractivity contribution >= 4 is 39.5 Å². The van der Waals surface area contributed by atoms with Gasteiger partial charge < -0.3 is 10.2 Å². The molecule has 0 spiro atoms. The lowest BCUT2D eigenvalue weighted by Crippen LogP contribution is -2.40. The van der Waals surface area contributed by atoms with Crippen LogP contribution in [0.5, 0.6) is 0 Å². The summed E-state index contributed by atoms with van der Waals surface area (Å²) in [6.45, 7) is 1.64. The summed E-state index contributed by atoms with van der Waals surface area (Å²) in [6.07, 6.45) is 3.70. The van der Waals surface area contributed by atoms with Crippen LogP contribution in [-0.4, -0.2) is 22.2 Å². The Morgan fingerprint density at radius 2 is 1.79 bits per heavy atom. The largest absolute Gasteiger partial charge is 0.481 e. The number of aliphatic carboxylic acids is 2. The Morgan fingerprint density at radius 3 is 2.38 bits per heavy atom. The number of carboxylic acids is 2. The Balaban J connectivity index is 1.88. The van der Waals surface area contributed by atoms with Crippen molar-refractivity contribution in [3.05, 3.63) is 81.3 Å². The van der Waals surface area contributed by atoms with E-state index in [1.54, 1.807) is 13.0 Å². The van der Waals surface area contributed by atoms with Crippen LogP contribution in [0.4, 0.5) is 0 Å². The van der Waals surface area contributed by atoms with E-state index in [-0.39, 0.29) is 12.0 Å². The molecule has 0 fully saturated rings. The number of hydrogen-bond acceptors (Lipinski definition) is 2. The second kappa shape index (κ2) is 8.56. The molecule has 3 rings (SSSR count). The van der Waals surface area contributed by atoms with Crippen LogP contribution >= 0.6 is 27.5 Å². The summed E-state index contributed by atoms with van der Waals surface area (Å²) in [4.78, 5) is 23.8. The van der Waals surface area contributed by atoms with Gasteiger partial charge in [-0.25, -0.2) is 4.79 Å². The summed E-state index contributed by atoms with van der Waals surface area (Å²) in [5.74, 6) is -2.84. The molecule has 29 heavy (non-hydrogen) atoms. The summed E-state index contributed by atoms with van der Waals surface area (Å²) >= 11 is 9.77. The average Bonchev–Trinajstić information content (AvgIpc) is 2.69. The van der Waals surface area contributed by atoms with Gasteiger partial charge in [0.15, 0.2) is 0 Å². The number of rotatable bonds is 6. The topological polar surface area (TPSA) is 74.6 Å². The second-order valence-corrected chi connectivity index (χ2v) is 8.50. The van der Waals surface area contributed by atoms with Gasteiger partial charge in [-0.15, -0.1) is 0 Å². The quantitative estimate of drug-likeness (QED) is 0.541. The van der Waals surface area contributed by atoms with Crippen molar-refractivity contribution < 1.29 is 19.8 Å². The van der Waals surface area contributed by atoms with Crippen LogP contribution < -0.4 is 0 Å². The van der Waals surface area contributed by atoms with Crippen LogP contribution in [0.3, 0.4) is 0 Å². The van der Waals surface area contributed by atoms with Crippen LogP contribution in [0.2, 0.25) is 5.02 Å². The maximum Gasteiger partial charge on any atom is 0.331 e. The van der Waals surface area contributed by atoms with E-state index in [4.69, 9.17) is 11.6 Å². The second-order valence-electron chi connectivity index (χ2n) is 7.17. The summed E-state index contributed by atoms with van der Waals surface area (Å²) in [5, 5.41) is 20.0. The van der Waals surface area contributed by atoms with Crippen molar-refractivity contribution in [3.63, 3.8) is 0 Å². The van der Waals surface area contributed by atoms with Crippen LogP contribution in [0.25, 0.3) is 11.1 Å². The molecule has 0 aromatic heterocycles. The minimum atomic E-state index is -1.33. The molecule has 0 bridgehead atoms. The molecular weight excluding hydrogens is 456 g/mol. The molecule has 1 aliphatic rings. The third-order valence-corrected chi connectivity index (χ3v) is 6.35. The Hall–Kier alpha value is -2.37. The van der Waals surface area contributed by atoms with Crippen molar-refractivity contribution in [1.29, 1.82) is 0 Å².